The van der Waals surface area contributed by atoms with Crippen LogP contribution in [0.2, 0.25) is 0 Å². The smallest absolute Gasteiger partial charge is 0.0157 e. The van der Waals surface area contributed by atoms with Crippen LogP contribution in [0.25, 0.3) is 13.2 Å². The Bertz CT molecular complexity index is 208. The molecule has 0 unspecified atom stereocenters. The van der Waals surface area contributed by atoms with Crippen molar-refractivity contribution in [3.8, 4) is 0 Å². The molecule has 0 fully saturated rings. The lowest BCUT2D eigenvalue weighted by atomic mass is 10.6. The maximum absolute atomic E-state index is 3.77. The van der Waals surface area contributed by atoms with Gasteiger partial charge in [-0.05, 0) is 9.90 Å². The van der Waals surface area contributed by atoms with E-state index in [4.69, 9.17) is 0 Å². The lowest BCUT2D eigenvalue weighted by Crippen LogP contribution is -1.80. The van der Waals surface area contributed by atoms with E-state index in [1.54, 1.807) is 0 Å². The molecule has 0 atom stereocenters. The summed E-state index contributed by atoms with van der Waals surface area (Å²) in [5.41, 5.74) is 0. The molecule has 1 heteroatoms. The summed E-state index contributed by atoms with van der Waals surface area (Å²) in [5, 5.41) is 0. The van der Waals surface area contributed by atoms with E-state index >= 15 is 0 Å². The average Bonchev–Trinajstić information content (AvgIpc) is 1.87. The fourth-order valence-electron chi connectivity index (χ4n) is 0.491. The van der Waals surface area contributed by atoms with Gasteiger partial charge in [0.25, 0.3) is 0 Å². The van der Waals surface area contributed by atoms with Crippen molar-refractivity contribution in [1.82, 2.24) is 0 Å². The molecule has 0 aromatic carbocycles. The van der Waals surface area contributed by atoms with Gasteiger partial charge in [0, 0.05) is 0 Å². The first kappa shape index (κ1) is 4.67. The SMILES string of the molecule is C=c1ccc(=C)[pH]1. The minimum Gasteiger partial charge on any atom is -0.126 e. The van der Waals surface area contributed by atoms with Gasteiger partial charge in [0.05, 0.1) is 0 Å². The van der Waals surface area contributed by atoms with Gasteiger partial charge in [0.1, 0.15) is 0 Å². The first-order valence-electron chi connectivity index (χ1n) is 2.12. The average molecular weight is 110 g/mol. The van der Waals surface area contributed by atoms with Crippen molar-refractivity contribution in [2.24, 2.45) is 0 Å². The quantitative estimate of drug-likeness (QED) is 0.457. The summed E-state index contributed by atoms with van der Waals surface area (Å²) < 4.78 is 0. The fraction of sp³-hybridized carbons (Fsp3) is 0. The zero-order valence-electron chi connectivity index (χ0n) is 4.07. The van der Waals surface area contributed by atoms with Crippen LogP contribution in [0, 0.1) is 0 Å². The van der Waals surface area contributed by atoms with Crippen LogP contribution in [0.3, 0.4) is 0 Å². The monoisotopic (exact) mass is 110 g/mol. The van der Waals surface area contributed by atoms with E-state index in [0.717, 1.165) is 8.19 Å². The van der Waals surface area contributed by atoms with E-state index in [1.165, 1.54) is 9.90 Å². The summed E-state index contributed by atoms with van der Waals surface area (Å²) in [5.74, 6) is 0. The molecule has 7 heavy (non-hydrogen) atoms. The molecule has 0 bridgehead atoms. The molecule has 0 radical (unpaired) electrons. The van der Waals surface area contributed by atoms with E-state index in [2.05, 4.69) is 13.2 Å². The van der Waals surface area contributed by atoms with Crippen molar-refractivity contribution >= 4 is 21.4 Å². The molecular formula is C6H7P. The highest BCUT2D eigenvalue weighted by molar-refractivity contribution is 7.28. The summed E-state index contributed by atoms with van der Waals surface area (Å²) in [6, 6.07) is 4.03. The third-order valence-electron chi connectivity index (χ3n) is 0.807. The lowest BCUT2D eigenvalue weighted by molar-refractivity contribution is 1.89. The minimum absolute atomic E-state index is 0.756. The first-order chi connectivity index (χ1) is 3.29. The van der Waals surface area contributed by atoms with Gasteiger partial charge in [0.2, 0.25) is 0 Å². The Morgan fingerprint density at radius 2 is 1.57 bits per heavy atom. The molecule has 0 saturated carbocycles. The van der Waals surface area contributed by atoms with Gasteiger partial charge in [-0.3, -0.25) is 0 Å². The molecular weight excluding hydrogens is 103 g/mol. The molecule has 1 aromatic heterocycles. The van der Waals surface area contributed by atoms with Crippen LogP contribution in [0.5, 0.6) is 0 Å². The Hall–Kier alpha value is -0.480. The highest BCUT2D eigenvalue weighted by atomic mass is 31.0. The van der Waals surface area contributed by atoms with Crippen LogP contribution in [-0.2, 0) is 0 Å². The summed E-state index contributed by atoms with van der Waals surface area (Å²) in [4.78, 5) is 2.40. The fourth-order valence-corrected chi connectivity index (χ4v) is 1.24. The van der Waals surface area contributed by atoms with Crippen LogP contribution < -0.4 is 9.90 Å². The zero-order valence-corrected chi connectivity index (χ0v) is 5.07. The van der Waals surface area contributed by atoms with Gasteiger partial charge in [-0.25, -0.2) is 0 Å². The maximum atomic E-state index is 3.77. The second kappa shape index (κ2) is 1.55. The standard InChI is InChI=1S/C6H7P/c1-5-3-4-6(2)7-5/h3-4,7H,1-2H2. The van der Waals surface area contributed by atoms with E-state index < -0.39 is 0 Å². The van der Waals surface area contributed by atoms with Gasteiger partial charge in [-0.1, -0.05) is 25.3 Å². The highest BCUT2D eigenvalue weighted by Gasteiger charge is 1.71. The summed E-state index contributed by atoms with van der Waals surface area (Å²) in [6.07, 6.45) is 0. The molecule has 0 amide bonds. The van der Waals surface area contributed by atoms with E-state index in [0.29, 0.717) is 0 Å². The van der Waals surface area contributed by atoms with Crippen molar-refractivity contribution in [2.45, 2.75) is 0 Å². The Balaban J connectivity index is 3.59. The van der Waals surface area contributed by atoms with Crippen LogP contribution in [0.1, 0.15) is 0 Å². The van der Waals surface area contributed by atoms with Crippen molar-refractivity contribution in [3.63, 3.8) is 0 Å². The predicted octanol–water partition coefficient (Wildman–Crippen LogP) is 0.538. The molecule has 0 nitrogen and oxygen atoms in total. The van der Waals surface area contributed by atoms with Crippen LogP contribution in [-0.4, -0.2) is 0 Å². The third-order valence-corrected chi connectivity index (χ3v) is 1.78. The first-order valence-corrected chi connectivity index (χ1v) is 3.12. The normalized spacial score (nSPS) is 9.14. The molecule has 1 rings (SSSR count). The molecule has 0 aliphatic carbocycles. The Morgan fingerprint density at radius 3 is 1.71 bits per heavy atom. The van der Waals surface area contributed by atoms with Crippen molar-refractivity contribution in [1.29, 1.82) is 0 Å². The van der Waals surface area contributed by atoms with Crippen molar-refractivity contribution in [2.75, 3.05) is 0 Å². The van der Waals surface area contributed by atoms with Crippen LogP contribution in [0.15, 0.2) is 12.1 Å². The van der Waals surface area contributed by atoms with Gasteiger partial charge >= 0.3 is 0 Å². The molecule has 1 heterocycles. The van der Waals surface area contributed by atoms with Gasteiger partial charge in [-0.2, -0.15) is 0 Å². The van der Waals surface area contributed by atoms with E-state index in [9.17, 15) is 0 Å². The van der Waals surface area contributed by atoms with Gasteiger partial charge in [0.15, 0.2) is 0 Å². The molecule has 1 aromatic rings. The summed E-state index contributed by atoms with van der Waals surface area (Å²) in [6.45, 7) is 7.54. The summed E-state index contributed by atoms with van der Waals surface area (Å²) >= 11 is 0. The maximum Gasteiger partial charge on any atom is -0.0157 e. The van der Waals surface area contributed by atoms with Gasteiger partial charge in [-0.15, -0.1) is 8.19 Å². The highest BCUT2D eigenvalue weighted by Crippen LogP contribution is 1.79. The topological polar surface area (TPSA) is 0 Å². The molecule has 0 saturated heterocycles. The molecule has 36 valence electrons. The zero-order chi connectivity index (χ0) is 5.28. The predicted molar refractivity (Wildman–Crippen MR) is 36.2 cm³/mol. The lowest BCUT2D eigenvalue weighted by Gasteiger charge is -1.56. The second-order valence-corrected chi connectivity index (χ2v) is 3.04. The Morgan fingerprint density at radius 1 is 1.14 bits per heavy atom. The molecule has 0 N–H and O–H groups in total. The number of rotatable bonds is 0. The molecule has 0 aliphatic rings. The summed E-state index contributed by atoms with van der Waals surface area (Å²) in [7, 11) is 0.756. The van der Waals surface area contributed by atoms with E-state index in [-0.39, 0.29) is 0 Å². The van der Waals surface area contributed by atoms with Crippen molar-refractivity contribution in [3.05, 3.63) is 22.0 Å². The largest absolute Gasteiger partial charge is 0.126 e. The third kappa shape index (κ3) is 0.942. The number of hydrogen-bond donors (Lipinski definition) is 0. The van der Waals surface area contributed by atoms with Gasteiger partial charge < -0.3 is 0 Å². The van der Waals surface area contributed by atoms with Crippen LogP contribution >= 0.6 is 8.19 Å². The van der Waals surface area contributed by atoms with Crippen LogP contribution in [0.4, 0.5) is 0 Å². The van der Waals surface area contributed by atoms with E-state index in [1.807, 2.05) is 12.1 Å². The number of hydrogen-bond acceptors (Lipinski definition) is 0. The molecule has 0 aliphatic heterocycles. The van der Waals surface area contributed by atoms with Crippen molar-refractivity contribution < 1.29 is 0 Å². The second-order valence-electron chi connectivity index (χ2n) is 1.51. The molecule has 0 spiro atoms. The Kier molecular flexibility index (Phi) is 1.04. The minimum atomic E-state index is 0.756. The Labute approximate surface area is 44.3 Å².